The van der Waals surface area contributed by atoms with Crippen LogP contribution in [0.1, 0.15) is 173 Å². The minimum Gasteiger partial charge on any atom is -0.411 e. The molecule has 0 aliphatic carbocycles. The van der Waals surface area contributed by atoms with Gasteiger partial charge in [-0.15, -0.1) is 0 Å². The standard InChI is InChI=1S/C52H96N2O8Si2/c1-18-21-42(55)33-44-27-25-37(3)46(58-44)34-48(56)54-35-47(62-64(16,17)51(11,12)13)40(6)49(57)53-31-20-23-45-38(4)28-30-52(60-45)29-19-22-43(59-52)26-24-36(2)32-39(5)41(7)61-63(14,15)50(8,9)10/h18,21,32,36-38,40-41,43-47H,19-20,22-31,33-35H2,1-17H3,(H,53,57)(H,54,56)/b21-18+,39-32+/t36-,37-,38-,40+,41-,43-,44+,45+,46+,47-,52-/m0/s1. The van der Waals surface area contributed by atoms with Gasteiger partial charge in [0.1, 0.15) is 0 Å². The maximum absolute atomic E-state index is 13.8. The highest BCUT2D eigenvalue weighted by atomic mass is 28.4. The fraction of sp³-hybridized carbons (Fsp3) is 0.865. The van der Waals surface area contributed by atoms with Crippen molar-refractivity contribution in [3.8, 4) is 0 Å². The molecule has 1 spiro atoms. The molecule has 3 saturated heterocycles. The minimum atomic E-state index is -2.29. The van der Waals surface area contributed by atoms with Crippen LogP contribution in [0.25, 0.3) is 0 Å². The summed E-state index contributed by atoms with van der Waals surface area (Å²) in [5.41, 5.74) is 1.32. The summed E-state index contributed by atoms with van der Waals surface area (Å²) in [5.74, 6) is -0.0477. The summed E-state index contributed by atoms with van der Waals surface area (Å²) < 4.78 is 33.6. The molecule has 370 valence electrons. The summed E-state index contributed by atoms with van der Waals surface area (Å²) in [4.78, 5) is 39.4. The molecule has 2 N–H and O–H groups in total. The average Bonchev–Trinajstić information content (AvgIpc) is 3.18. The molecule has 0 unspecified atom stereocenters. The Balaban J connectivity index is 1.52. The number of nitrogens with one attached hydrogen (secondary N) is 2. The van der Waals surface area contributed by atoms with Crippen LogP contribution in [0.2, 0.25) is 36.3 Å². The second-order valence-electron chi connectivity index (χ2n) is 23.4. The number of amides is 2. The summed E-state index contributed by atoms with van der Waals surface area (Å²) in [6, 6.07) is 0. The molecule has 2 amide bonds. The van der Waals surface area contributed by atoms with E-state index in [0.29, 0.717) is 24.8 Å². The van der Waals surface area contributed by atoms with Crippen LogP contribution in [0.15, 0.2) is 23.8 Å². The molecule has 11 atom stereocenters. The first-order chi connectivity index (χ1) is 29.6. The molecule has 0 radical (unpaired) electrons. The summed E-state index contributed by atoms with van der Waals surface area (Å²) in [6.07, 6.45) is 16.4. The maximum atomic E-state index is 13.8. The molecule has 3 rings (SSSR count). The zero-order valence-electron chi connectivity index (χ0n) is 43.9. The van der Waals surface area contributed by atoms with E-state index in [9.17, 15) is 14.4 Å². The van der Waals surface area contributed by atoms with Crippen LogP contribution in [-0.2, 0) is 37.4 Å². The zero-order chi connectivity index (χ0) is 48.3. The van der Waals surface area contributed by atoms with Gasteiger partial charge in [0, 0.05) is 32.4 Å². The fourth-order valence-electron chi connectivity index (χ4n) is 8.90. The van der Waals surface area contributed by atoms with E-state index in [4.69, 9.17) is 23.1 Å². The summed E-state index contributed by atoms with van der Waals surface area (Å²) >= 11 is 0. The van der Waals surface area contributed by atoms with Gasteiger partial charge in [-0.25, -0.2) is 0 Å². The Morgan fingerprint density at radius 1 is 0.797 bits per heavy atom. The Kier molecular flexibility index (Phi) is 21.7. The van der Waals surface area contributed by atoms with Crippen molar-refractivity contribution in [3.05, 3.63) is 23.8 Å². The largest absolute Gasteiger partial charge is 0.411 e. The van der Waals surface area contributed by atoms with E-state index in [-0.39, 0.29) is 77.1 Å². The molecule has 12 heteroatoms. The van der Waals surface area contributed by atoms with Crippen LogP contribution in [-0.4, -0.2) is 89.7 Å². The molecular weight excluding hydrogens is 837 g/mol. The Bertz CT molecular complexity index is 1550. The second kappa shape index (κ2) is 24.6. The number of carbonyl (C=O) groups is 3. The molecule has 10 nitrogen and oxygen atoms in total. The topological polar surface area (TPSA) is 121 Å². The lowest BCUT2D eigenvalue weighted by Crippen LogP contribution is -2.52. The monoisotopic (exact) mass is 933 g/mol. The molecule has 0 bridgehead atoms. The van der Waals surface area contributed by atoms with Gasteiger partial charge in [-0.05, 0) is 144 Å². The van der Waals surface area contributed by atoms with Gasteiger partial charge in [-0.2, -0.15) is 0 Å². The van der Waals surface area contributed by atoms with E-state index in [1.54, 1.807) is 12.2 Å². The van der Waals surface area contributed by atoms with Gasteiger partial charge in [0.05, 0.1) is 49.0 Å². The first-order valence-electron chi connectivity index (χ1n) is 25.3. The van der Waals surface area contributed by atoms with E-state index >= 15 is 0 Å². The average molecular weight is 934 g/mol. The minimum absolute atomic E-state index is 0.0462. The number of hydrogen-bond donors (Lipinski definition) is 2. The Morgan fingerprint density at radius 3 is 2.08 bits per heavy atom. The van der Waals surface area contributed by atoms with Gasteiger partial charge in [0.2, 0.25) is 11.8 Å². The van der Waals surface area contributed by atoms with E-state index in [1.807, 2.05) is 13.8 Å². The molecule has 3 heterocycles. The first kappa shape index (κ1) is 56.6. The van der Waals surface area contributed by atoms with Crippen molar-refractivity contribution in [2.24, 2.45) is 23.7 Å². The van der Waals surface area contributed by atoms with Crippen LogP contribution in [0.4, 0.5) is 0 Å². The maximum Gasteiger partial charge on any atom is 0.225 e. The molecule has 3 aliphatic heterocycles. The second-order valence-corrected chi connectivity index (χ2v) is 32.9. The number of ketones is 1. The van der Waals surface area contributed by atoms with Crippen LogP contribution in [0.3, 0.4) is 0 Å². The van der Waals surface area contributed by atoms with E-state index in [2.05, 4.69) is 119 Å². The highest BCUT2D eigenvalue weighted by Gasteiger charge is 2.45. The normalized spacial score (nSPS) is 28.4. The number of allylic oxidation sites excluding steroid dienone is 3. The quantitative estimate of drug-likeness (QED) is 0.0476. The van der Waals surface area contributed by atoms with Crippen LogP contribution >= 0.6 is 0 Å². The summed E-state index contributed by atoms with van der Waals surface area (Å²) in [6.45, 7) is 38.1. The smallest absolute Gasteiger partial charge is 0.225 e. The van der Waals surface area contributed by atoms with Crippen molar-refractivity contribution in [2.75, 3.05) is 13.1 Å². The van der Waals surface area contributed by atoms with Gasteiger partial charge in [-0.1, -0.05) is 81.4 Å². The van der Waals surface area contributed by atoms with Crippen molar-refractivity contribution in [3.63, 3.8) is 0 Å². The van der Waals surface area contributed by atoms with Crippen molar-refractivity contribution in [1.29, 1.82) is 0 Å². The summed E-state index contributed by atoms with van der Waals surface area (Å²) in [5, 5.41) is 6.43. The van der Waals surface area contributed by atoms with Crippen LogP contribution < -0.4 is 10.6 Å². The SMILES string of the molecule is C/C=C/C(=O)C[C@H]1CC[C@H](C)[C@@H](CC(=O)NC[C@H](O[Si](C)(C)C(C)(C)C)[C@@H](C)C(=O)NCCC[C@H]2O[C@@]3(CCC[C@@H](CC[C@H](C)/C=C(\C)[C@H](C)O[Si](C)(C)C(C)(C)C)O3)CC[C@@H]2C)O1. The first-order valence-corrected chi connectivity index (χ1v) is 31.1. The van der Waals surface area contributed by atoms with Crippen molar-refractivity contribution < 1.29 is 37.4 Å². The lowest BCUT2D eigenvalue weighted by molar-refractivity contribution is -0.324. The predicted octanol–water partition coefficient (Wildman–Crippen LogP) is 12.0. The molecule has 3 fully saturated rings. The molecule has 3 aliphatic rings. The lowest BCUT2D eigenvalue weighted by atomic mass is 9.85. The molecule has 0 aromatic rings. The number of rotatable bonds is 22. The van der Waals surface area contributed by atoms with E-state index in [0.717, 1.165) is 70.6 Å². The lowest BCUT2D eigenvalue weighted by Gasteiger charge is -2.48. The van der Waals surface area contributed by atoms with Crippen LogP contribution in [0, 0.1) is 23.7 Å². The molecular formula is C52H96N2O8Si2. The highest BCUT2D eigenvalue weighted by Crippen LogP contribution is 2.44. The molecule has 0 saturated carbocycles. The Hall–Kier alpha value is -1.68. The molecule has 0 aromatic carbocycles. The highest BCUT2D eigenvalue weighted by molar-refractivity contribution is 6.74. The molecule has 0 aromatic heterocycles. The number of carbonyl (C=O) groups excluding carboxylic acids is 3. The fourth-order valence-corrected chi connectivity index (χ4v) is 11.7. The molecule has 64 heavy (non-hydrogen) atoms. The van der Waals surface area contributed by atoms with Gasteiger partial charge in [0.15, 0.2) is 28.2 Å². The van der Waals surface area contributed by atoms with Gasteiger partial charge >= 0.3 is 0 Å². The Morgan fingerprint density at radius 2 is 1.44 bits per heavy atom. The van der Waals surface area contributed by atoms with Crippen molar-refractivity contribution >= 4 is 34.2 Å². The predicted molar refractivity (Wildman–Crippen MR) is 267 cm³/mol. The van der Waals surface area contributed by atoms with Gasteiger partial charge in [-0.3, -0.25) is 14.4 Å². The van der Waals surface area contributed by atoms with E-state index < -0.39 is 34.4 Å². The van der Waals surface area contributed by atoms with Crippen molar-refractivity contribution in [2.45, 2.75) is 252 Å². The number of ether oxygens (including phenoxy) is 3. The third-order valence-electron chi connectivity index (χ3n) is 15.7. The van der Waals surface area contributed by atoms with Crippen LogP contribution in [0.5, 0.6) is 0 Å². The van der Waals surface area contributed by atoms with Crippen molar-refractivity contribution in [1.82, 2.24) is 10.6 Å². The number of hydrogen-bond acceptors (Lipinski definition) is 8. The van der Waals surface area contributed by atoms with E-state index in [1.165, 1.54) is 5.57 Å². The third kappa shape index (κ3) is 17.4. The zero-order valence-corrected chi connectivity index (χ0v) is 45.9. The Labute approximate surface area is 393 Å². The third-order valence-corrected chi connectivity index (χ3v) is 24.7. The van der Waals surface area contributed by atoms with Gasteiger partial charge in [0.25, 0.3) is 0 Å². The van der Waals surface area contributed by atoms with Gasteiger partial charge < -0.3 is 33.7 Å². The summed E-state index contributed by atoms with van der Waals surface area (Å²) in [7, 11) is -4.13.